The highest BCUT2D eigenvalue weighted by atomic mass is 19.1. The first-order valence-corrected chi connectivity index (χ1v) is 12.1. The lowest BCUT2D eigenvalue weighted by Crippen LogP contribution is -2.36. The number of hydrogen-bond donors (Lipinski definition) is 1. The summed E-state index contributed by atoms with van der Waals surface area (Å²) < 4.78 is 45.3. The average Bonchev–Trinajstić information content (AvgIpc) is 3.32. The van der Waals surface area contributed by atoms with Crippen molar-refractivity contribution in [2.24, 2.45) is 0 Å². The molecule has 2 saturated heterocycles. The van der Waals surface area contributed by atoms with E-state index in [2.05, 4.69) is 15.3 Å². The summed E-state index contributed by atoms with van der Waals surface area (Å²) in [4.78, 5) is 23.4. The number of aryl methyl sites for hydroxylation is 1. The van der Waals surface area contributed by atoms with Gasteiger partial charge in [0.25, 0.3) is 0 Å². The molecule has 10 heteroatoms. The SMILES string of the molecule is COc1cc2ncnc(Nc3ccc(F)c(C)c3)c2cc1CC(=O)/C(F)=C\CN1C[C@@H]2OCCO[C@H]2C1. The second-order valence-electron chi connectivity index (χ2n) is 9.18. The van der Waals surface area contributed by atoms with E-state index in [4.69, 9.17) is 14.2 Å². The maximum Gasteiger partial charge on any atom is 0.195 e. The summed E-state index contributed by atoms with van der Waals surface area (Å²) in [7, 11) is 1.49. The molecule has 2 fully saturated rings. The van der Waals surface area contributed by atoms with Crippen LogP contribution in [-0.4, -0.2) is 72.8 Å². The molecule has 2 atom stereocenters. The number of likely N-dealkylation sites (tertiary alicyclic amines) is 1. The monoisotopic (exact) mass is 510 g/mol. The van der Waals surface area contributed by atoms with E-state index in [-0.39, 0.29) is 24.4 Å². The number of aromatic nitrogens is 2. The smallest absolute Gasteiger partial charge is 0.195 e. The van der Waals surface area contributed by atoms with Crippen molar-refractivity contribution in [1.29, 1.82) is 0 Å². The summed E-state index contributed by atoms with van der Waals surface area (Å²) >= 11 is 0. The van der Waals surface area contributed by atoms with Crippen LogP contribution in [0.25, 0.3) is 10.9 Å². The van der Waals surface area contributed by atoms with Gasteiger partial charge in [-0.3, -0.25) is 9.69 Å². The largest absolute Gasteiger partial charge is 0.496 e. The zero-order chi connectivity index (χ0) is 25.9. The highest BCUT2D eigenvalue weighted by Gasteiger charge is 2.36. The molecule has 37 heavy (non-hydrogen) atoms. The minimum Gasteiger partial charge on any atom is -0.496 e. The van der Waals surface area contributed by atoms with Gasteiger partial charge in [0.15, 0.2) is 11.6 Å². The van der Waals surface area contributed by atoms with Gasteiger partial charge in [0.05, 0.1) is 38.0 Å². The number of nitrogens with zero attached hydrogens (tertiary/aromatic N) is 3. The van der Waals surface area contributed by atoms with Crippen molar-refractivity contribution >= 4 is 28.2 Å². The number of Topliss-reactive ketones (excluding diaryl/α,β-unsaturated/α-hetero) is 1. The number of halogens is 2. The van der Waals surface area contributed by atoms with Gasteiger partial charge in [-0.1, -0.05) is 0 Å². The van der Waals surface area contributed by atoms with E-state index < -0.39 is 11.6 Å². The van der Waals surface area contributed by atoms with Crippen LogP contribution in [-0.2, 0) is 20.7 Å². The van der Waals surface area contributed by atoms with Crippen LogP contribution < -0.4 is 10.1 Å². The van der Waals surface area contributed by atoms with E-state index in [1.54, 1.807) is 31.2 Å². The zero-order valence-electron chi connectivity index (χ0n) is 20.7. The van der Waals surface area contributed by atoms with E-state index in [9.17, 15) is 13.6 Å². The Morgan fingerprint density at radius 2 is 1.95 bits per heavy atom. The van der Waals surface area contributed by atoms with E-state index in [1.165, 1.54) is 25.6 Å². The number of allylic oxidation sites excluding steroid dienone is 1. The lowest BCUT2D eigenvalue weighted by atomic mass is 10.0. The predicted molar refractivity (Wildman–Crippen MR) is 134 cm³/mol. The minimum absolute atomic E-state index is 0.00776. The highest BCUT2D eigenvalue weighted by Crippen LogP contribution is 2.31. The molecule has 194 valence electrons. The number of methoxy groups -OCH3 is 1. The molecule has 8 nitrogen and oxygen atoms in total. The van der Waals surface area contributed by atoms with Crippen LogP contribution in [0, 0.1) is 12.7 Å². The summed E-state index contributed by atoms with van der Waals surface area (Å²) in [6.45, 7) is 4.39. The molecule has 3 aromatic rings. The van der Waals surface area contributed by atoms with Gasteiger partial charge in [-0.05, 0) is 42.8 Å². The topological polar surface area (TPSA) is 85.8 Å². The van der Waals surface area contributed by atoms with Crippen LogP contribution in [0.15, 0.2) is 48.6 Å². The van der Waals surface area contributed by atoms with Gasteiger partial charge in [0, 0.05) is 48.8 Å². The lowest BCUT2D eigenvalue weighted by molar-refractivity contribution is -0.116. The van der Waals surface area contributed by atoms with Crippen molar-refractivity contribution in [2.45, 2.75) is 25.6 Å². The van der Waals surface area contributed by atoms with Crippen molar-refractivity contribution in [2.75, 3.05) is 45.3 Å². The number of carbonyl (C=O) groups is 1. The molecule has 0 aliphatic carbocycles. The summed E-state index contributed by atoms with van der Waals surface area (Å²) in [5.41, 5.74) is 2.23. The number of hydrogen-bond acceptors (Lipinski definition) is 8. The Balaban J connectivity index is 1.33. The molecule has 1 N–H and O–H groups in total. The van der Waals surface area contributed by atoms with Gasteiger partial charge in [-0.2, -0.15) is 0 Å². The zero-order valence-corrected chi connectivity index (χ0v) is 20.7. The number of ether oxygens (including phenoxy) is 3. The van der Waals surface area contributed by atoms with Crippen molar-refractivity contribution < 1.29 is 27.8 Å². The second-order valence-corrected chi connectivity index (χ2v) is 9.18. The lowest BCUT2D eigenvalue weighted by Gasteiger charge is -2.24. The molecule has 2 aliphatic heterocycles. The number of benzene rings is 2. The van der Waals surface area contributed by atoms with Gasteiger partial charge in [-0.15, -0.1) is 0 Å². The van der Waals surface area contributed by atoms with Crippen LogP contribution in [0.3, 0.4) is 0 Å². The fourth-order valence-corrected chi connectivity index (χ4v) is 4.68. The average molecular weight is 511 g/mol. The Bertz CT molecular complexity index is 1340. The van der Waals surface area contributed by atoms with Crippen molar-refractivity contribution in [3.8, 4) is 5.75 Å². The Hall–Kier alpha value is -3.47. The Kier molecular flexibility index (Phi) is 7.40. The molecular weight excluding hydrogens is 482 g/mol. The van der Waals surface area contributed by atoms with E-state index in [1.807, 2.05) is 4.90 Å². The maximum atomic E-state index is 14.8. The molecule has 3 heterocycles. The molecule has 0 bridgehead atoms. The first kappa shape index (κ1) is 25.2. The summed E-state index contributed by atoms with van der Waals surface area (Å²) in [6, 6.07) is 8.06. The second kappa shape index (κ2) is 10.9. The van der Waals surface area contributed by atoms with Gasteiger partial charge >= 0.3 is 0 Å². The summed E-state index contributed by atoms with van der Waals surface area (Å²) in [5.74, 6) is -0.855. The third kappa shape index (κ3) is 5.61. The Morgan fingerprint density at radius 1 is 1.19 bits per heavy atom. The molecule has 5 rings (SSSR count). The van der Waals surface area contributed by atoms with Crippen LogP contribution in [0.1, 0.15) is 11.1 Å². The number of carbonyl (C=O) groups excluding carboxylic acids is 1. The normalized spacial score (nSPS) is 20.2. The fraction of sp³-hybridized carbons (Fsp3) is 0.370. The first-order chi connectivity index (χ1) is 17.9. The van der Waals surface area contributed by atoms with Crippen molar-refractivity contribution in [1.82, 2.24) is 14.9 Å². The summed E-state index contributed by atoms with van der Waals surface area (Å²) in [5, 5.41) is 3.80. The molecule has 0 radical (unpaired) electrons. The number of rotatable bonds is 8. The van der Waals surface area contributed by atoms with E-state index in [0.29, 0.717) is 72.1 Å². The van der Waals surface area contributed by atoms with Crippen molar-refractivity contribution in [3.05, 3.63) is 65.5 Å². The van der Waals surface area contributed by atoms with E-state index in [0.717, 1.165) is 0 Å². The standard InChI is InChI=1S/C27H28F2N4O4/c1-16-9-18(3-4-20(16)28)32-27-19-10-17(24(35-2)12-22(19)30-15-31-27)11-23(34)21(29)5-6-33-13-25-26(14-33)37-8-7-36-25/h3-5,9-10,12,15,25-26H,6-8,11,13-14H2,1-2H3,(H,30,31,32)/b21-5+/t25-,26-/m0/s1. The number of nitrogens with one attached hydrogen (secondary N) is 1. The van der Waals surface area contributed by atoms with Gasteiger partial charge < -0.3 is 19.5 Å². The van der Waals surface area contributed by atoms with Crippen LogP contribution in [0.2, 0.25) is 0 Å². The minimum atomic E-state index is -0.802. The molecule has 1 aromatic heterocycles. The number of ketones is 1. The number of anilines is 2. The van der Waals surface area contributed by atoms with Crippen molar-refractivity contribution in [3.63, 3.8) is 0 Å². The van der Waals surface area contributed by atoms with E-state index >= 15 is 0 Å². The molecule has 0 amide bonds. The number of fused-ring (bicyclic) bond motifs is 2. The van der Waals surface area contributed by atoms with Gasteiger partial charge in [-0.25, -0.2) is 18.7 Å². The highest BCUT2D eigenvalue weighted by molar-refractivity contribution is 5.97. The molecule has 0 spiro atoms. The quantitative estimate of drug-likeness (QED) is 0.457. The first-order valence-electron chi connectivity index (χ1n) is 12.1. The summed E-state index contributed by atoms with van der Waals surface area (Å²) in [6.07, 6.45) is 2.50. The molecular formula is C27H28F2N4O4. The third-order valence-corrected chi connectivity index (χ3v) is 6.64. The van der Waals surface area contributed by atoms with Gasteiger partial charge in [0.1, 0.15) is 23.7 Å². The van der Waals surface area contributed by atoms with Crippen LogP contribution in [0.4, 0.5) is 20.3 Å². The molecule has 0 saturated carbocycles. The van der Waals surface area contributed by atoms with Gasteiger partial charge in [0.2, 0.25) is 0 Å². The van der Waals surface area contributed by atoms with Crippen LogP contribution >= 0.6 is 0 Å². The Labute approximate surface area is 213 Å². The molecule has 2 aliphatic rings. The third-order valence-electron chi connectivity index (χ3n) is 6.64. The fourth-order valence-electron chi connectivity index (χ4n) is 4.68. The maximum absolute atomic E-state index is 14.8. The molecule has 0 unspecified atom stereocenters. The molecule has 2 aromatic carbocycles. The Morgan fingerprint density at radius 3 is 2.65 bits per heavy atom. The predicted octanol–water partition coefficient (Wildman–Crippen LogP) is 3.89. The van der Waals surface area contributed by atoms with Crippen LogP contribution in [0.5, 0.6) is 5.75 Å².